The average molecular weight is 482 g/mol. The van der Waals surface area contributed by atoms with E-state index >= 15 is 0 Å². The number of sulfonamides is 1. The van der Waals surface area contributed by atoms with Gasteiger partial charge in [0.2, 0.25) is 15.9 Å². The summed E-state index contributed by atoms with van der Waals surface area (Å²) in [5, 5.41) is 3.02. The van der Waals surface area contributed by atoms with E-state index in [2.05, 4.69) is 28.8 Å². The molecule has 8 nitrogen and oxygen atoms in total. The Morgan fingerprint density at radius 1 is 1.09 bits per heavy atom. The van der Waals surface area contributed by atoms with Gasteiger partial charge in [-0.3, -0.25) is 4.79 Å². The van der Waals surface area contributed by atoms with E-state index in [9.17, 15) is 13.2 Å². The number of benzene rings is 1. The number of fused-ring (bicyclic) bond motifs is 1. The van der Waals surface area contributed by atoms with Crippen molar-refractivity contribution >= 4 is 15.9 Å². The number of piperidine rings is 1. The van der Waals surface area contributed by atoms with Gasteiger partial charge in [-0.05, 0) is 43.2 Å². The molecule has 1 saturated heterocycles. The molecule has 33 heavy (non-hydrogen) atoms. The zero-order valence-electron chi connectivity index (χ0n) is 20.5. The topological polar surface area (TPSA) is 97.0 Å². The van der Waals surface area contributed by atoms with Crippen molar-refractivity contribution in [1.29, 1.82) is 0 Å². The number of rotatable bonds is 8. The number of hydrogen-bond donors (Lipinski definition) is 2. The zero-order chi connectivity index (χ0) is 24.2. The summed E-state index contributed by atoms with van der Waals surface area (Å²) in [6, 6.07) is 3.57. The third kappa shape index (κ3) is 7.07. The predicted octanol–water partition coefficient (Wildman–Crippen LogP) is 2.63. The van der Waals surface area contributed by atoms with Crippen LogP contribution in [0.1, 0.15) is 47.5 Å². The maximum atomic E-state index is 13.1. The number of hydrogen-bond acceptors (Lipinski definition) is 6. The van der Waals surface area contributed by atoms with Crippen molar-refractivity contribution in [2.75, 3.05) is 32.8 Å². The molecule has 9 heteroatoms. The summed E-state index contributed by atoms with van der Waals surface area (Å²) in [6.07, 6.45) is 1.96. The van der Waals surface area contributed by atoms with Crippen molar-refractivity contribution < 1.29 is 22.7 Å². The van der Waals surface area contributed by atoms with Gasteiger partial charge in [-0.25, -0.2) is 8.42 Å². The first-order chi connectivity index (χ1) is 15.5. The minimum atomic E-state index is -3.93. The van der Waals surface area contributed by atoms with Crippen LogP contribution in [0.5, 0.6) is 11.5 Å². The maximum Gasteiger partial charge on any atom is 0.241 e. The van der Waals surface area contributed by atoms with Crippen LogP contribution in [0, 0.1) is 17.8 Å². The number of carbonyl (C=O) groups is 1. The molecule has 1 aromatic carbocycles. The first-order valence-corrected chi connectivity index (χ1v) is 13.5. The molecule has 0 saturated carbocycles. The summed E-state index contributed by atoms with van der Waals surface area (Å²) in [6.45, 7) is 13.9. The summed E-state index contributed by atoms with van der Waals surface area (Å²) in [7, 11) is -3.93. The van der Waals surface area contributed by atoms with Crippen molar-refractivity contribution in [1.82, 2.24) is 14.9 Å². The lowest BCUT2D eigenvalue weighted by Crippen LogP contribution is -2.54. The number of amides is 1. The van der Waals surface area contributed by atoms with Crippen LogP contribution in [0.2, 0.25) is 0 Å². The molecule has 3 rings (SSSR count). The summed E-state index contributed by atoms with van der Waals surface area (Å²) in [5.74, 6) is 1.68. The Kier molecular flexibility index (Phi) is 8.64. The summed E-state index contributed by atoms with van der Waals surface area (Å²) < 4.78 is 40.0. The zero-order valence-corrected chi connectivity index (χ0v) is 21.3. The van der Waals surface area contributed by atoms with Crippen molar-refractivity contribution in [3.8, 4) is 11.5 Å². The van der Waals surface area contributed by atoms with E-state index in [-0.39, 0.29) is 22.8 Å². The highest BCUT2D eigenvalue weighted by atomic mass is 32.2. The minimum Gasteiger partial charge on any atom is -0.490 e. The predicted molar refractivity (Wildman–Crippen MR) is 128 cm³/mol. The average Bonchev–Trinajstić information content (AvgIpc) is 2.95. The van der Waals surface area contributed by atoms with E-state index in [4.69, 9.17) is 9.47 Å². The molecule has 2 aliphatic rings. The second kappa shape index (κ2) is 11.1. The molecular weight excluding hydrogens is 442 g/mol. The van der Waals surface area contributed by atoms with Crippen molar-refractivity contribution in [2.24, 2.45) is 17.8 Å². The van der Waals surface area contributed by atoms with E-state index in [1.807, 2.05) is 20.8 Å². The lowest BCUT2D eigenvalue weighted by Gasteiger charge is -2.36. The number of ether oxygens (including phenoxy) is 2. The SMILES string of the molecule is CC1CC(C)CN(CC(C)NC(=O)C(NS(=O)(=O)c2ccc3c(c2)OCCCO3)C(C)C)C1. The monoisotopic (exact) mass is 481 g/mol. The summed E-state index contributed by atoms with van der Waals surface area (Å²) in [5.41, 5.74) is 0. The quantitative estimate of drug-likeness (QED) is 0.593. The van der Waals surface area contributed by atoms with Crippen molar-refractivity contribution in [3.05, 3.63) is 18.2 Å². The minimum absolute atomic E-state index is 0.0505. The Morgan fingerprint density at radius 2 is 1.73 bits per heavy atom. The third-order valence-electron chi connectivity index (χ3n) is 6.13. The normalized spacial score (nSPS) is 23.6. The highest BCUT2D eigenvalue weighted by Crippen LogP contribution is 2.32. The van der Waals surface area contributed by atoms with Crippen molar-refractivity contribution in [2.45, 2.75) is 64.4 Å². The molecule has 0 radical (unpaired) electrons. The standard InChI is InChI=1S/C24H39N3O5S/c1-16(2)23(24(28)25-19(5)15-27-13-17(3)11-18(4)14-27)26-33(29,30)20-7-8-21-22(12-20)32-10-6-9-31-21/h7-8,12,16-19,23,26H,6,9-11,13-15H2,1-5H3,(H,25,28). The Labute approximate surface area is 198 Å². The van der Waals surface area contributed by atoms with E-state index in [0.717, 1.165) is 26.1 Å². The van der Waals surface area contributed by atoms with Gasteiger partial charge in [-0.1, -0.05) is 27.7 Å². The second-order valence-electron chi connectivity index (χ2n) is 10.1. The fraction of sp³-hybridized carbons (Fsp3) is 0.708. The van der Waals surface area contributed by atoms with Crippen LogP contribution in [-0.2, 0) is 14.8 Å². The van der Waals surface area contributed by atoms with Crippen molar-refractivity contribution in [3.63, 3.8) is 0 Å². The van der Waals surface area contributed by atoms with Crippen LogP contribution in [0.4, 0.5) is 0 Å². The van der Waals surface area contributed by atoms with Gasteiger partial charge in [-0.2, -0.15) is 4.72 Å². The van der Waals surface area contributed by atoms with Gasteiger partial charge in [-0.15, -0.1) is 0 Å². The van der Waals surface area contributed by atoms with Gasteiger partial charge in [0.05, 0.1) is 18.1 Å². The van der Waals surface area contributed by atoms with Crippen LogP contribution < -0.4 is 19.5 Å². The highest BCUT2D eigenvalue weighted by molar-refractivity contribution is 7.89. The van der Waals surface area contributed by atoms with E-state index in [0.29, 0.717) is 36.5 Å². The van der Waals surface area contributed by atoms with E-state index in [1.165, 1.54) is 18.6 Å². The van der Waals surface area contributed by atoms with Crippen LogP contribution in [0.15, 0.2) is 23.1 Å². The van der Waals surface area contributed by atoms with Gasteiger partial charge in [0.1, 0.15) is 6.04 Å². The van der Waals surface area contributed by atoms with Gasteiger partial charge in [0.25, 0.3) is 0 Å². The Morgan fingerprint density at radius 3 is 2.36 bits per heavy atom. The molecule has 2 heterocycles. The maximum absolute atomic E-state index is 13.1. The highest BCUT2D eigenvalue weighted by Gasteiger charge is 2.31. The first-order valence-electron chi connectivity index (χ1n) is 12.0. The van der Waals surface area contributed by atoms with Crippen LogP contribution in [0.25, 0.3) is 0 Å². The second-order valence-corrected chi connectivity index (χ2v) is 11.8. The molecule has 0 bridgehead atoms. The lowest BCUT2D eigenvalue weighted by molar-refractivity contribution is -0.124. The Bertz CT molecular complexity index is 911. The Hall–Kier alpha value is -1.84. The number of nitrogens with one attached hydrogen (secondary N) is 2. The van der Waals surface area contributed by atoms with Gasteiger partial charge in [0, 0.05) is 38.2 Å². The third-order valence-corrected chi connectivity index (χ3v) is 7.56. The fourth-order valence-electron chi connectivity index (χ4n) is 4.74. The first kappa shape index (κ1) is 25.8. The molecular formula is C24H39N3O5S. The van der Waals surface area contributed by atoms with E-state index < -0.39 is 16.1 Å². The lowest BCUT2D eigenvalue weighted by atomic mass is 9.91. The molecule has 1 amide bonds. The molecule has 186 valence electrons. The summed E-state index contributed by atoms with van der Waals surface area (Å²) in [4.78, 5) is 15.5. The largest absolute Gasteiger partial charge is 0.490 e. The number of carbonyl (C=O) groups excluding carboxylic acids is 1. The molecule has 4 unspecified atom stereocenters. The molecule has 0 spiro atoms. The van der Waals surface area contributed by atoms with Crippen LogP contribution >= 0.6 is 0 Å². The molecule has 2 N–H and O–H groups in total. The number of likely N-dealkylation sites (tertiary alicyclic amines) is 1. The molecule has 1 aromatic rings. The summed E-state index contributed by atoms with van der Waals surface area (Å²) >= 11 is 0. The fourth-order valence-corrected chi connectivity index (χ4v) is 6.10. The molecule has 0 aliphatic carbocycles. The van der Waals surface area contributed by atoms with E-state index in [1.54, 1.807) is 6.07 Å². The van der Waals surface area contributed by atoms with Gasteiger partial charge < -0.3 is 19.7 Å². The molecule has 4 atom stereocenters. The Balaban J connectivity index is 1.65. The number of nitrogens with zero attached hydrogens (tertiary/aromatic N) is 1. The van der Waals surface area contributed by atoms with Crippen LogP contribution in [0.3, 0.4) is 0 Å². The van der Waals surface area contributed by atoms with Gasteiger partial charge in [0.15, 0.2) is 11.5 Å². The van der Waals surface area contributed by atoms with Gasteiger partial charge >= 0.3 is 0 Å². The molecule has 2 aliphatic heterocycles. The molecule has 0 aromatic heterocycles. The smallest absolute Gasteiger partial charge is 0.241 e. The van der Waals surface area contributed by atoms with Crippen LogP contribution in [-0.4, -0.2) is 64.2 Å². The molecule has 1 fully saturated rings.